The van der Waals surface area contributed by atoms with Gasteiger partial charge in [-0.1, -0.05) is 24.3 Å². The van der Waals surface area contributed by atoms with Crippen molar-refractivity contribution in [1.29, 1.82) is 0 Å². The first kappa shape index (κ1) is 10.3. The number of hydrogen-bond donors (Lipinski definition) is 1. The Morgan fingerprint density at radius 3 is 2.41 bits per heavy atom. The minimum atomic E-state index is 0.385. The molecule has 2 aliphatic rings. The van der Waals surface area contributed by atoms with Gasteiger partial charge in [-0.3, -0.25) is 0 Å². The SMILES string of the molecule is CC1=[O+]/C(=C2\C(C)=C(O)c3ccccc32)CC1. The van der Waals surface area contributed by atoms with Crippen LogP contribution in [0.25, 0.3) is 11.3 Å². The summed E-state index contributed by atoms with van der Waals surface area (Å²) in [6.07, 6.45) is 1.91. The minimum Gasteiger partial charge on any atom is -0.507 e. The zero-order valence-electron chi connectivity index (χ0n) is 10.1. The molecule has 0 saturated carbocycles. The highest BCUT2D eigenvalue weighted by Gasteiger charge is 2.34. The standard InChI is InChI=1S/C15H14O2/c1-9-7-8-13(17-9)14-10(2)15(16)12-6-4-3-5-11(12)14/h3-6H,7-8H2,1-2H3/p+1/b14-13+. The van der Waals surface area contributed by atoms with Crippen molar-refractivity contribution in [3.05, 3.63) is 46.7 Å². The molecule has 1 heterocycles. The quantitative estimate of drug-likeness (QED) is 0.674. The van der Waals surface area contributed by atoms with E-state index in [1.807, 2.05) is 38.1 Å². The zero-order valence-corrected chi connectivity index (χ0v) is 10.1. The third-order valence-electron chi connectivity index (χ3n) is 3.46. The van der Waals surface area contributed by atoms with E-state index in [2.05, 4.69) is 0 Å². The predicted octanol–water partition coefficient (Wildman–Crippen LogP) is 3.62. The number of carbonyl (C=O) groups excluding carboxylic acids is 1. The zero-order chi connectivity index (χ0) is 12.0. The highest BCUT2D eigenvalue weighted by molar-refractivity contribution is 5.98. The van der Waals surface area contributed by atoms with Gasteiger partial charge >= 0.3 is 11.5 Å². The normalized spacial score (nSPS) is 23.1. The molecule has 86 valence electrons. The number of benzene rings is 1. The molecule has 0 fully saturated rings. The van der Waals surface area contributed by atoms with E-state index in [4.69, 9.17) is 4.42 Å². The van der Waals surface area contributed by atoms with Gasteiger partial charge in [-0.05, 0) is 6.92 Å². The Morgan fingerprint density at radius 1 is 1.06 bits per heavy atom. The van der Waals surface area contributed by atoms with Gasteiger partial charge in [0.2, 0.25) is 0 Å². The number of aliphatic hydroxyl groups is 1. The van der Waals surface area contributed by atoms with Crippen LogP contribution in [-0.2, 0) is 4.42 Å². The summed E-state index contributed by atoms with van der Waals surface area (Å²) in [4.78, 5) is 0. The first-order chi connectivity index (χ1) is 8.18. The minimum absolute atomic E-state index is 0.385. The van der Waals surface area contributed by atoms with Gasteiger partial charge in [0.05, 0.1) is 18.4 Å². The lowest BCUT2D eigenvalue weighted by molar-refractivity contribution is -0.390. The van der Waals surface area contributed by atoms with Crippen molar-refractivity contribution in [2.75, 3.05) is 0 Å². The number of hydrogen-bond acceptors (Lipinski definition) is 1. The lowest BCUT2D eigenvalue weighted by Crippen LogP contribution is -1.89. The van der Waals surface area contributed by atoms with E-state index < -0.39 is 0 Å². The molecule has 0 unspecified atom stereocenters. The first-order valence-corrected chi connectivity index (χ1v) is 5.92. The molecule has 3 rings (SSSR count). The predicted molar refractivity (Wildman–Crippen MR) is 68.5 cm³/mol. The Hall–Kier alpha value is -1.83. The van der Waals surface area contributed by atoms with Crippen molar-refractivity contribution in [1.82, 2.24) is 0 Å². The molecule has 1 aliphatic heterocycles. The van der Waals surface area contributed by atoms with Gasteiger partial charge in [-0.15, -0.1) is 0 Å². The number of ketones is 1. The third kappa shape index (κ3) is 1.44. The molecule has 17 heavy (non-hydrogen) atoms. The Bertz CT molecular complexity index is 589. The summed E-state index contributed by atoms with van der Waals surface area (Å²) in [5, 5.41) is 10.1. The summed E-state index contributed by atoms with van der Waals surface area (Å²) in [5.41, 5.74) is 4.01. The van der Waals surface area contributed by atoms with Crippen molar-refractivity contribution in [2.24, 2.45) is 0 Å². The second-order valence-electron chi connectivity index (χ2n) is 4.62. The Kier molecular flexibility index (Phi) is 2.18. The van der Waals surface area contributed by atoms with Gasteiger partial charge in [0.25, 0.3) is 0 Å². The van der Waals surface area contributed by atoms with Crippen LogP contribution in [0.3, 0.4) is 0 Å². The number of aliphatic hydroxyl groups excluding tert-OH is 1. The van der Waals surface area contributed by atoms with Crippen LogP contribution in [-0.4, -0.2) is 10.9 Å². The molecule has 2 nitrogen and oxygen atoms in total. The molecule has 1 aromatic carbocycles. The second-order valence-corrected chi connectivity index (χ2v) is 4.62. The fourth-order valence-corrected chi connectivity index (χ4v) is 2.57. The summed E-state index contributed by atoms with van der Waals surface area (Å²) in [5.74, 6) is 2.44. The van der Waals surface area contributed by atoms with E-state index in [1.165, 1.54) is 0 Å². The highest BCUT2D eigenvalue weighted by Crippen LogP contribution is 2.42. The Balaban J connectivity index is 2.27. The summed E-state index contributed by atoms with van der Waals surface area (Å²) >= 11 is 0. The van der Waals surface area contributed by atoms with Gasteiger partial charge in [0.1, 0.15) is 5.76 Å². The van der Waals surface area contributed by atoms with Crippen molar-refractivity contribution in [2.45, 2.75) is 26.7 Å². The molecule has 0 spiro atoms. The molecule has 0 aromatic heterocycles. The van der Waals surface area contributed by atoms with Crippen molar-refractivity contribution < 1.29 is 9.53 Å². The van der Waals surface area contributed by atoms with Crippen molar-refractivity contribution in [3.63, 3.8) is 0 Å². The number of fused-ring (bicyclic) bond motifs is 1. The molecule has 0 bridgehead atoms. The number of rotatable bonds is 0. The lowest BCUT2D eigenvalue weighted by Gasteiger charge is -1.99. The molecule has 0 saturated heterocycles. The monoisotopic (exact) mass is 227 g/mol. The van der Waals surface area contributed by atoms with Crippen LogP contribution >= 0.6 is 0 Å². The molecule has 1 N–H and O–H groups in total. The molecular weight excluding hydrogens is 212 g/mol. The molecule has 0 amide bonds. The second kappa shape index (κ2) is 3.59. The van der Waals surface area contributed by atoms with E-state index in [9.17, 15) is 5.11 Å². The number of allylic oxidation sites excluding steroid dienone is 3. The topological polar surface area (TPSA) is 31.5 Å². The highest BCUT2D eigenvalue weighted by atomic mass is 16.4. The van der Waals surface area contributed by atoms with Crippen LogP contribution < -0.4 is 0 Å². The van der Waals surface area contributed by atoms with Gasteiger partial charge < -0.3 is 5.11 Å². The van der Waals surface area contributed by atoms with E-state index in [0.29, 0.717) is 5.76 Å². The fourth-order valence-electron chi connectivity index (χ4n) is 2.57. The average molecular weight is 227 g/mol. The molecule has 0 atom stereocenters. The van der Waals surface area contributed by atoms with Crippen LogP contribution in [0.2, 0.25) is 0 Å². The molecule has 1 aromatic rings. The van der Waals surface area contributed by atoms with E-state index in [1.54, 1.807) is 0 Å². The smallest absolute Gasteiger partial charge is 0.337 e. The molecule has 1 aliphatic carbocycles. The van der Waals surface area contributed by atoms with Crippen LogP contribution in [0.1, 0.15) is 37.8 Å². The van der Waals surface area contributed by atoms with E-state index in [0.717, 1.165) is 46.7 Å². The van der Waals surface area contributed by atoms with Crippen LogP contribution in [0.4, 0.5) is 0 Å². The lowest BCUT2D eigenvalue weighted by atomic mass is 10.0. The van der Waals surface area contributed by atoms with Gasteiger partial charge in [-0.25, -0.2) is 4.42 Å². The average Bonchev–Trinajstić information content (AvgIpc) is 2.84. The Labute approximate surface area is 101 Å². The van der Waals surface area contributed by atoms with Crippen LogP contribution in [0, 0.1) is 0 Å². The largest absolute Gasteiger partial charge is 0.507 e. The molecular formula is C15H15O2+. The maximum absolute atomic E-state index is 10.1. The first-order valence-electron chi connectivity index (χ1n) is 5.92. The maximum atomic E-state index is 10.1. The van der Waals surface area contributed by atoms with Crippen molar-refractivity contribution in [3.8, 4) is 0 Å². The summed E-state index contributed by atoms with van der Waals surface area (Å²) in [7, 11) is 0. The van der Waals surface area contributed by atoms with E-state index in [-0.39, 0.29) is 0 Å². The van der Waals surface area contributed by atoms with Gasteiger partial charge in [-0.2, -0.15) is 0 Å². The molecule has 2 heteroatoms. The maximum Gasteiger partial charge on any atom is 0.337 e. The van der Waals surface area contributed by atoms with E-state index >= 15 is 0 Å². The van der Waals surface area contributed by atoms with Crippen LogP contribution in [0.15, 0.2) is 35.6 Å². The fraction of sp³-hybridized carbons (Fsp3) is 0.267. The summed E-state index contributed by atoms with van der Waals surface area (Å²) < 4.78 is 5.77. The van der Waals surface area contributed by atoms with Crippen LogP contribution in [0.5, 0.6) is 0 Å². The third-order valence-corrected chi connectivity index (χ3v) is 3.46. The van der Waals surface area contributed by atoms with Gasteiger partial charge in [0.15, 0.2) is 0 Å². The van der Waals surface area contributed by atoms with Gasteiger partial charge in [0, 0.05) is 23.6 Å². The Morgan fingerprint density at radius 2 is 1.76 bits per heavy atom. The van der Waals surface area contributed by atoms with Crippen molar-refractivity contribution >= 4 is 17.1 Å². The molecule has 0 radical (unpaired) electrons. The summed E-state index contributed by atoms with van der Waals surface area (Å²) in [6.45, 7) is 3.96. The summed E-state index contributed by atoms with van der Waals surface area (Å²) in [6, 6.07) is 7.94.